The number of aromatic amines is 1. The number of fused-ring (bicyclic) bond motifs is 1. The van der Waals surface area contributed by atoms with Crippen molar-refractivity contribution in [3.05, 3.63) is 49.0 Å². The van der Waals surface area contributed by atoms with E-state index in [4.69, 9.17) is 9.15 Å². The van der Waals surface area contributed by atoms with E-state index >= 15 is 0 Å². The predicted octanol–water partition coefficient (Wildman–Crippen LogP) is 2.20. The first-order chi connectivity index (χ1) is 13.6. The molecular formula is C18H14N6O4. The van der Waals surface area contributed by atoms with Gasteiger partial charge in [0.25, 0.3) is 0 Å². The molecule has 2 amide bonds. The van der Waals surface area contributed by atoms with E-state index in [1.807, 2.05) is 0 Å². The normalized spacial score (nSPS) is 10.6. The van der Waals surface area contributed by atoms with Gasteiger partial charge in [0.05, 0.1) is 18.9 Å². The Labute approximate surface area is 157 Å². The highest BCUT2D eigenvalue weighted by molar-refractivity contribution is 6.43. The van der Waals surface area contributed by atoms with Gasteiger partial charge in [0.2, 0.25) is 0 Å². The van der Waals surface area contributed by atoms with Crippen LogP contribution in [0.2, 0.25) is 0 Å². The van der Waals surface area contributed by atoms with Crippen LogP contribution in [0.25, 0.3) is 22.4 Å². The molecule has 2 heterocycles. The first kappa shape index (κ1) is 17.2. The van der Waals surface area contributed by atoms with Crippen LogP contribution in [0.1, 0.15) is 0 Å². The lowest BCUT2D eigenvalue weighted by Crippen LogP contribution is -2.29. The molecule has 0 bridgehead atoms. The standard InChI is InChI=1S/C18H14N6O4/c1-27-15-7-11(2-4-12(15)16-8-19-9-28-16)21-18(26)17(25)20-10-3-5-13-14(6-10)23-24-22-13/h2-9H,1H3,(H,20,25)(H,21,26)(H,22,23,24). The fourth-order valence-electron chi connectivity index (χ4n) is 2.62. The fraction of sp³-hybridized carbons (Fsp3) is 0.0556. The molecule has 140 valence electrons. The second kappa shape index (κ2) is 7.19. The number of nitrogens with one attached hydrogen (secondary N) is 3. The minimum absolute atomic E-state index is 0.396. The van der Waals surface area contributed by atoms with E-state index in [2.05, 4.69) is 31.0 Å². The van der Waals surface area contributed by atoms with Gasteiger partial charge in [0.15, 0.2) is 12.2 Å². The molecule has 28 heavy (non-hydrogen) atoms. The molecule has 0 radical (unpaired) electrons. The van der Waals surface area contributed by atoms with Gasteiger partial charge in [-0.15, -0.1) is 0 Å². The van der Waals surface area contributed by atoms with E-state index in [0.29, 0.717) is 39.5 Å². The maximum absolute atomic E-state index is 12.2. The van der Waals surface area contributed by atoms with E-state index < -0.39 is 11.8 Å². The number of benzene rings is 2. The summed E-state index contributed by atoms with van der Waals surface area (Å²) in [5.41, 5.74) is 2.72. The minimum Gasteiger partial charge on any atom is -0.496 e. The Kier molecular flexibility index (Phi) is 4.42. The van der Waals surface area contributed by atoms with Crippen molar-refractivity contribution in [2.24, 2.45) is 0 Å². The number of amides is 2. The van der Waals surface area contributed by atoms with Gasteiger partial charge >= 0.3 is 11.8 Å². The highest BCUT2D eigenvalue weighted by Crippen LogP contribution is 2.32. The third kappa shape index (κ3) is 3.38. The lowest BCUT2D eigenvalue weighted by Gasteiger charge is -2.10. The number of ether oxygens (including phenoxy) is 1. The van der Waals surface area contributed by atoms with Crippen molar-refractivity contribution in [2.45, 2.75) is 0 Å². The molecule has 10 nitrogen and oxygen atoms in total. The Balaban J connectivity index is 1.47. The lowest BCUT2D eigenvalue weighted by atomic mass is 10.1. The Morgan fingerprint density at radius 1 is 1.00 bits per heavy atom. The van der Waals surface area contributed by atoms with Crippen LogP contribution >= 0.6 is 0 Å². The summed E-state index contributed by atoms with van der Waals surface area (Å²) >= 11 is 0. The number of carbonyl (C=O) groups is 2. The zero-order valence-corrected chi connectivity index (χ0v) is 14.6. The summed E-state index contributed by atoms with van der Waals surface area (Å²) in [5, 5.41) is 15.4. The van der Waals surface area contributed by atoms with Crippen molar-refractivity contribution in [3.8, 4) is 17.1 Å². The number of nitrogens with zero attached hydrogens (tertiary/aromatic N) is 3. The number of hydrogen-bond donors (Lipinski definition) is 3. The van der Waals surface area contributed by atoms with Gasteiger partial charge in [-0.2, -0.15) is 15.4 Å². The molecule has 0 saturated heterocycles. The number of H-pyrrole nitrogens is 1. The largest absolute Gasteiger partial charge is 0.496 e. The van der Waals surface area contributed by atoms with E-state index in [9.17, 15) is 9.59 Å². The molecule has 2 aromatic carbocycles. The van der Waals surface area contributed by atoms with Crippen LogP contribution in [0.4, 0.5) is 11.4 Å². The van der Waals surface area contributed by atoms with Crippen molar-refractivity contribution < 1.29 is 18.7 Å². The molecule has 0 atom stereocenters. The van der Waals surface area contributed by atoms with Crippen LogP contribution in [0.5, 0.6) is 5.75 Å². The zero-order valence-electron chi connectivity index (χ0n) is 14.6. The van der Waals surface area contributed by atoms with Crippen LogP contribution in [0, 0.1) is 0 Å². The molecule has 2 aromatic heterocycles. The maximum Gasteiger partial charge on any atom is 0.314 e. The number of anilines is 2. The van der Waals surface area contributed by atoms with Crippen LogP contribution in [0.15, 0.2) is 53.4 Å². The summed E-state index contributed by atoms with van der Waals surface area (Å²) in [6.07, 6.45) is 2.86. The van der Waals surface area contributed by atoms with Gasteiger partial charge in [-0.3, -0.25) is 9.59 Å². The van der Waals surface area contributed by atoms with E-state index in [1.54, 1.807) is 42.6 Å². The highest BCUT2D eigenvalue weighted by Gasteiger charge is 2.16. The van der Waals surface area contributed by atoms with E-state index in [1.165, 1.54) is 13.5 Å². The van der Waals surface area contributed by atoms with Crippen LogP contribution in [-0.2, 0) is 9.59 Å². The molecular weight excluding hydrogens is 364 g/mol. The summed E-state index contributed by atoms with van der Waals surface area (Å²) < 4.78 is 10.6. The molecule has 0 fully saturated rings. The zero-order chi connectivity index (χ0) is 19.5. The fourth-order valence-corrected chi connectivity index (χ4v) is 2.62. The van der Waals surface area contributed by atoms with Crippen molar-refractivity contribution in [1.29, 1.82) is 0 Å². The number of methoxy groups -OCH3 is 1. The molecule has 0 saturated carbocycles. The summed E-state index contributed by atoms with van der Waals surface area (Å²) in [4.78, 5) is 28.3. The molecule has 0 aliphatic carbocycles. The molecule has 4 rings (SSSR count). The first-order valence-corrected chi connectivity index (χ1v) is 8.14. The van der Waals surface area contributed by atoms with Crippen LogP contribution in [0.3, 0.4) is 0 Å². The average Bonchev–Trinajstić information content (AvgIpc) is 3.39. The number of hydrogen-bond acceptors (Lipinski definition) is 7. The second-order valence-electron chi connectivity index (χ2n) is 5.72. The number of rotatable bonds is 4. The molecule has 0 aliphatic rings. The number of carbonyl (C=O) groups excluding carboxylic acids is 2. The highest BCUT2D eigenvalue weighted by atomic mass is 16.5. The Morgan fingerprint density at radius 3 is 2.43 bits per heavy atom. The summed E-state index contributed by atoms with van der Waals surface area (Å²) in [6, 6.07) is 9.84. The van der Waals surface area contributed by atoms with Crippen molar-refractivity contribution in [2.75, 3.05) is 17.7 Å². The number of oxazole rings is 1. The van der Waals surface area contributed by atoms with Crippen molar-refractivity contribution in [1.82, 2.24) is 20.4 Å². The second-order valence-corrected chi connectivity index (χ2v) is 5.72. The molecule has 0 unspecified atom stereocenters. The summed E-state index contributed by atoms with van der Waals surface area (Å²) in [6.45, 7) is 0. The van der Waals surface area contributed by atoms with E-state index in [-0.39, 0.29) is 0 Å². The van der Waals surface area contributed by atoms with Gasteiger partial charge in [0.1, 0.15) is 16.8 Å². The van der Waals surface area contributed by atoms with Crippen LogP contribution < -0.4 is 15.4 Å². The molecule has 0 aliphatic heterocycles. The van der Waals surface area contributed by atoms with Crippen molar-refractivity contribution in [3.63, 3.8) is 0 Å². The third-order valence-electron chi connectivity index (χ3n) is 3.94. The van der Waals surface area contributed by atoms with Gasteiger partial charge in [0, 0.05) is 17.4 Å². The predicted molar refractivity (Wildman–Crippen MR) is 99.6 cm³/mol. The first-order valence-electron chi connectivity index (χ1n) is 8.14. The summed E-state index contributed by atoms with van der Waals surface area (Å²) in [7, 11) is 1.49. The molecule has 10 heteroatoms. The number of aromatic nitrogens is 4. The molecule has 3 N–H and O–H groups in total. The van der Waals surface area contributed by atoms with Gasteiger partial charge in [-0.25, -0.2) is 4.98 Å². The monoisotopic (exact) mass is 378 g/mol. The quantitative estimate of drug-likeness (QED) is 0.463. The maximum atomic E-state index is 12.2. The Bertz CT molecular complexity index is 1150. The van der Waals surface area contributed by atoms with Gasteiger partial charge < -0.3 is 19.8 Å². The van der Waals surface area contributed by atoms with Crippen LogP contribution in [-0.4, -0.2) is 39.3 Å². The molecule has 0 spiro atoms. The Morgan fingerprint density at radius 2 is 1.71 bits per heavy atom. The minimum atomic E-state index is -0.824. The lowest BCUT2D eigenvalue weighted by molar-refractivity contribution is -0.132. The summed E-state index contributed by atoms with van der Waals surface area (Å²) in [5.74, 6) is -0.655. The Hall–Kier alpha value is -4.21. The SMILES string of the molecule is COc1cc(NC(=O)C(=O)Nc2ccc3n[nH]nc3c2)ccc1-c1cnco1. The smallest absolute Gasteiger partial charge is 0.314 e. The van der Waals surface area contributed by atoms with Gasteiger partial charge in [-0.05, 0) is 30.3 Å². The third-order valence-corrected chi connectivity index (χ3v) is 3.94. The average molecular weight is 378 g/mol. The topological polar surface area (TPSA) is 135 Å². The van der Waals surface area contributed by atoms with Crippen molar-refractivity contribution >= 4 is 34.2 Å². The molecule has 4 aromatic rings. The van der Waals surface area contributed by atoms with E-state index in [0.717, 1.165) is 0 Å². The van der Waals surface area contributed by atoms with Gasteiger partial charge in [-0.1, -0.05) is 0 Å².